The minimum atomic E-state index is -0.665. The molecule has 3 rings (SSSR count). The summed E-state index contributed by atoms with van der Waals surface area (Å²) in [5.41, 5.74) is 2.21. The summed E-state index contributed by atoms with van der Waals surface area (Å²) in [5, 5.41) is 3.22. The van der Waals surface area contributed by atoms with Crippen LogP contribution in [0.25, 0.3) is 10.9 Å². The number of esters is 1. The van der Waals surface area contributed by atoms with Crippen molar-refractivity contribution in [3.05, 3.63) is 71.9 Å². The van der Waals surface area contributed by atoms with Gasteiger partial charge < -0.3 is 9.30 Å². The Kier molecular flexibility index (Phi) is 5.12. The van der Waals surface area contributed by atoms with Gasteiger partial charge in [-0.25, -0.2) is 0 Å². The summed E-state index contributed by atoms with van der Waals surface area (Å²) in [7, 11) is 0. The van der Waals surface area contributed by atoms with Crippen LogP contribution in [0.5, 0.6) is 0 Å². The van der Waals surface area contributed by atoms with Gasteiger partial charge in [0.15, 0.2) is 6.61 Å². The second-order valence-corrected chi connectivity index (χ2v) is 5.83. The molecule has 1 aromatic heterocycles. The summed E-state index contributed by atoms with van der Waals surface area (Å²) < 4.78 is 6.82. The summed E-state index contributed by atoms with van der Waals surface area (Å²) in [4.78, 5) is 35.7. The maximum absolute atomic E-state index is 12.1. The van der Waals surface area contributed by atoms with E-state index in [-0.39, 0.29) is 6.54 Å². The Balaban J connectivity index is 1.54. The van der Waals surface area contributed by atoms with Crippen molar-refractivity contribution >= 4 is 28.7 Å². The van der Waals surface area contributed by atoms with Gasteiger partial charge in [0, 0.05) is 16.8 Å². The smallest absolute Gasteiger partial charge is 0.326 e. The molecule has 0 radical (unpaired) electrons. The molecule has 6 nitrogen and oxygen atoms in total. The van der Waals surface area contributed by atoms with E-state index < -0.39 is 24.4 Å². The first-order chi connectivity index (χ1) is 12.5. The van der Waals surface area contributed by atoms with E-state index >= 15 is 0 Å². The minimum absolute atomic E-state index is 0.000736. The van der Waals surface area contributed by atoms with E-state index in [0.717, 1.165) is 16.6 Å². The van der Waals surface area contributed by atoms with Gasteiger partial charge in [-0.3, -0.25) is 19.7 Å². The lowest BCUT2D eigenvalue weighted by Crippen LogP contribution is -2.34. The van der Waals surface area contributed by atoms with E-state index in [1.54, 1.807) is 30.3 Å². The highest BCUT2D eigenvalue weighted by molar-refractivity contribution is 6.05. The first-order valence-electron chi connectivity index (χ1n) is 8.14. The van der Waals surface area contributed by atoms with Crippen LogP contribution in [0.4, 0.5) is 0 Å². The van der Waals surface area contributed by atoms with Crippen LogP contribution in [0.2, 0.25) is 0 Å². The Morgan fingerprint density at radius 3 is 2.46 bits per heavy atom. The van der Waals surface area contributed by atoms with E-state index in [0.29, 0.717) is 5.56 Å². The number of hydrogen-bond donors (Lipinski definition) is 1. The normalized spacial score (nSPS) is 10.5. The van der Waals surface area contributed by atoms with Gasteiger partial charge in [-0.1, -0.05) is 36.4 Å². The Hall–Kier alpha value is -3.41. The van der Waals surface area contributed by atoms with E-state index in [1.807, 2.05) is 41.8 Å². The minimum Gasteiger partial charge on any atom is -0.454 e. The topological polar surface area (TPSA) is 77.4 Å². The fourth-order valence-electron chi connectivity index (χ4n) is 2.70. The number of aromatic nitrogens is 1. The number of carbonyl (C=O) groups is 3. The van der Waals surface area contributed by atoms with Gasteiger partial charge in [0.2, 0.25) is 0 Å². The van der Waals surface area contributed by atoms with Gasteiger partial charge in [-0.2, -0.15) is 0 Å². The molecule has 1 N–H and O–H groups in total. The van der Waals surface area contributed by atoms with Gasteiger partial charge in [0.25, 0.3) is 11.8 Å². The number of benzene rings is 2. The molecular formula is C20H18N2O4. The molecule has 0 spiro atoms. The van der Waals surface area contributed by atoms with Crippen LogP contribution in [0.3, 0.4) is 0 Å². The molecule has 2 aromatic carbocycles. The molecule has 132 valence electrons. The number of rotatable bonds is 5. The molecule has 2 amide bonds. The number of imide groups is 1. The van der Waals surface area contributed by atoms with Crippen molar-refractivity contribution in [3.63, 3.8) is 0 Å². The fraction of sp³-hybridized carbons (Fsp3) is 0.150. The standard InChI is InChI=1S/C20H18N2O4/c1-14-11-16-9-5-6-10-17(16)22(14)12-19(24)26-13-18(23)21-20(25)15-7-3-2-4-8-15/h2-11H,12-13H2,1H3,(H,21,23,25). The van der Waals surface area contributed by atoms with Crippen molar-refractivity contribution in [3.8, 4) is 0 Å². The Bertz CT molecular complexity index is 960. The predicted molar refractivity (Wildman–Crippen MR) is 96.5 cm³/mol. The SMILES string of the molecule is Cc1cc2ccccc2n1CC(=O)OCC(=O)NC(=O)c1ccccc1. The average Bonchev–Trinajstić information content (AvgIpc) is 2.96. The van der Waals surface area contributed by atoms with Gasteiger partial charge in [0.1, 0.15) is 6.54 Å². The van der Waals surface area contributed by atoms with Crippen LogP contribution in [0.1, 0.15) is 16.1 Å². The van der Waals surface area contributed by atoms with Crippen molar-refractivity contribution < 1.29 is 19.1 Å². The highest BCUT2D eigenvalue weighted by atomic mass is 16.5. The molecule has 0 atom stereocenters. The number of carbonyl (C=O) groups excluding carboxylic acids is 3. The van der Waals surface area contributed by atoms with E-state index in [2.05, 4.69) is 5.32 Å². The van der Waals surface area contributed by atoms with Gasteiger partial charge in [-0.15, -0.1) is 0 Å². The Morgan fingerprint density at radius 2 is 1.69 bits per heavy atom. The third-order valence-electron chi connectivity index (χ3n) is 3.96. The summed E-state index contributed by atoms with van der Waals surface area (Å²) in [5.74, 6) is -1.74. The highest BCUT2D eigenvalue weighted by Crippen LogP contribution is 2.19. The van der Waals surface area contributed by atoms with Crippen LogP contribution in [0.15, 0.2) is 60.7 Å². The van der Waals surface area contributed by atoms with E-state index in [9.17, 15) is 14.4 Å². The zero-order valence-electron chi connectivity index (χ0n) is 14.3. The van der Waals surface area contributed by atoms with Crippen molar-refractivity contribution in [2.45, 2.75) is 13.5 Å². The number of nitrogens with one attached hydrogen (secondary N) is 1. The molecule has 6 heteroatoms. The number of fused-ring (bicyclic) bond motifs is 1. The number of amides is 2. The lowest BCUT2D eigenvalue weighted by Gasteiger charge is -2.09. The number of hydrogen-bond acceptors (Lipinski definition) is 4. The lowest BCUT2D eigenvalue weighted by atomic mass is 10.2. The monoisotopic (exact) mass is 350 g/mol. The van der Waals surface area contributed by atoms with Gasteiger partial charge in [0.05, 0.1) is 0 Å². The van der Waals surface area contributed by atoms with Crippen molar-refractivity contribution in [1.29, 1.82) is 0 Å². The number of para-hydroxylation sites is 1. The zero-order chi connectivity index (χ0) is 18.5. The van der Waals surface area contributed by atoms with Crippen LogP contribution in [0, 0.1) is 6.92 Å². The second-order valence-electron chi connectivity index (χ2n) is 5.83. The molecule has 0 aliphatic carbocycles. The van der Waals surface area contributed by atoms with Crippen LogP contribution < -0.4 is 5.32 Å². The molecule has 0 fully saturated rings. The Labute approximate surface area is 150 Å². The second kappa shape index (κ2) is 7.65. The molecular weight excluding hydrogens is 332 g/mol. The largest absolute Gasteiger partial charge is 0.454 e. The first kappa shape index (κ1) is 17.4. The molecule has 0 saturated heterocycles. The van der Waals surface area contributed by atoms with Crippen LogP contribution in [-0.4, -0.2) is 29.0 Å². The molecule has 0 bridgehead atoms. The van der Waals surface area contributed by atoms with E-state index in [1.165, 1.54) is 0 Å². The third-order valence-corrected chi connectivity index (χ3v) is 3.96. The van der Waals surface area contributed by atoms with Crippen LogP contribution in [-0.2, 0) is 20.9 Å². The Morgan fingerprint density at radius 1 is 1.00 bits per heavy atom. The fourth-order valence-corrected chi connectivity index (χ4v) is 2.70. The number of aryl methyl sites for hydroxylation is 1. The summed E-state index contributed by atoms with van der Waals surface area (Å²) in [6, 6.07) is 18.0. The quantitative estimate of drug-likeness (QED) is 0.717. The number of nitrogens with zero attached hydrogens (tertiary/aromatic N) is 1. The molecule has 0 saturated carbocycles. The predicted octanol–water partition coefficient (Wildman–Crippen LogP) is 2.45. The molecule has 0 unspecified atom stereocenters. The summed E-state index contributed by atoms with van der Waals surface area (Å²) in [6.07, 6.45) is 0. The molecule has 1 heterocycles. The van der Waals surface area contributed by atoms with Gasteiger partial charge in [-0.05, 0) is 36.6 Å². The van der Waals surface area contributed by atoms with E-state index in [4.69, 9.17) is 4.74 Å². The lowest BCUT2D eigenvalue weighted by molar-refractivity contribution is -0.148. The maximum atomic E-state index is 12.1. The molecule has 0 aliphatic rings. The third kappa shape index (κ3) is 3.97. The summed E-state index contributed by atoms with van der Waals surface area (Å²) in [6.45, 7) is 1.40. The highest BCUT2D eigenvalue weighted by Gasteiger charge is 2.14. The van der Waals surface area contributed by atoms with Crippen molar-refractivity contribution in [2.75, 3.05) is 6.61 Å². The first-order valence-corrected chi connectivity index (χ1v) is 8.14. The maximum Gasteiger partial charge on any atom is 0.326 e. The molecule has 26 heavy (non-hydrogen) atoms. The van der Waals surface area contributed by atoms with Crippen molar-refractivity contribution in [2.24, 2.45) is 0 Å². The molecule has 3 aromatic rings. The average molecular weight is 350 g/mol. The van der Waals surface area contributed by atoms with Crippen LogP contribution >= 0.6 is 0 Å². The van der Waals surface area contributed by atoms with Crippen molar-refractivity contribution in [1.82, 2.24) is 9.88 Å². The summed E-state index contributed by atoms with van der Waals surface area (Å²) >= 11 is 0. The van der Waals surface area contributed by atoms with Gasteiger partial charge >= 0.3 is 5.97 Å². The zero-order valence-corrected chi connectivity index (χ0v) is 14.3. The molecule has 0 aliphatic heterocycles. The number of ether oxygens (including phenoxy) is 1.